The number of anilines is 1. The predicted octanol–water partition coefficient (Wildman–Crippen LogP) is 4.27. The highest BCUT2D eigenvalue weighted by Crippen LogP contribution is 2.20. The molecule has 0 aliphatic carbocycles. The van der Waals surface area contributed by atoms with Crippen LogP contribution < -0.4 is 10.1 Å². The molecule has 0 spiro atoms. The number of pyridine rings is 2. The Morgan fingerprint density at radius 2 is 2.13 bits per heavy atom. The molecule has 1 aliphatic heterocycles. The van der Waals surface area contributed by atoms with Crippen LogP contribution in [0.25, 0.3) is 0 Å². The van der Waals surface area contributed by atoms with Crippen molar-refractivity contribution in [2.45, 2.75) is 32.1 Å². The summed E-state index contributed by atoms with van der Waals surface area (Å²) in [5, 5.41) is 2.99. The van der Waals surface area contributed by atoms with Gasteiger partial charge in [-0.2, -0.15) is 0 Å². The highest BCUT2D eigenvalue weighted by Gasteiger charge is 2.23. The van der Waals surface area contributed by atoms with Crippen LogP contribution in [-0.2, 0) is 17.9 Å². The summed E-state index contributed by atoms with van der Waals surface area (Å²) in [4.78, 5) is 23.3. The summed E-state index contributed by atoms with van der Waals surface area (Å²) in [5.41, 5.74) is 2.49. The zero-order chi connectivity index (χ0) is 21.3. The van der Waals surface area contributed by atoms with Gasteiger partial charge >= 0.3 is 6.03 Å². The van der Waals surface area contributed by atoms with Gasteiger partial charge in [-0.15, -0.1) is 0 Å². The molecule has 2 amide bonds. The van der Waals surface area contributed by atoms with Crippen LogP contribution in [0.15, 0.2) is 73.2 Å². The summed E-state index contributed by atoms with van der Waals surface area (Å²) in [6.07, 6.45) is 7.30. The first kappa shape index (κ1) is 20.8. The smallest absolute Gasteiger partial charge is 0.322 e. The monoisotopic (exact) mass is 418 g/mol. The molecule has 1 aromatic carbocycles. The number of carbonyl (C=O) groups is 1. The number of rotatable bonds is 8. The van der Waals surface area contributed by atoms with E-state index in [2.05, 4.69) is 15.3 Å². The zero-order valence-corrected chi connectivity index (χ0v) is 17.3. The van der Waals surface area contributed by atoms with Crippen molar-refractivity contribution in [1.29, 1.82) is 0 Å². The average Bonchev–Trinajstić information content (AvgIpc) is 3.32. The normalized spacial score (nSPS) is 15.4. The molecule has 1 saturated heterocycles. The van der Waals surface area contributed by atoms with Crippen LogP contribution >= 0.6 is 0 Å². The second-order valence-corrected chi connectivity index (χ2v) is 7.44. The van der Waals surface area contributed by atoms with Gasteiger partial charge in [0.05, 0.1) is 11.8 Å². The Morgan fingerprint density at radius 1 is 1.16 bits per heavy atom. The number of carbonyl (C=O) groups excluding carboxylic acids is 1. The van der Waals surface area contributed by atoms with E-state index >= 15 is 0 Å². The highest BCUT2D eigenvalue weighted by atomic mass is 16.5. The number of urea groups is 1. The van der Waals surface area contributed by atoms with Crippen LogP contribution in [0, 0.1) is 0 Å². The summed E-state index contributed by atoms with van der Waals surface area (Å²) < 4.78 is 11.6. The molecule has 0 saturated carbocycles. The lowest BCUT2D eigenvalue weighted by atomic mass is 10.2. The fourth-order valence-corrected chi connectivity index (χ4v) is 3.47. The van der Waals surface area contributed by atoms with Crippen molar-refractivity contribution >= 4 is 11.7 Å². The van der Waals surface area contributed by atoms with Gasteiger partial charge in [0.2, 0.25) is 0 Å². The third-order valence-corrected chi connectivity index (χ3v) is 5.03. The van der Waals surface area contributed by atoms with E-state index in [0.717, 1.165) is 30.7 Å². The summed E-state index contributed by atoms with van der Waals surface area (Å²) in [6.45, 7) is 2.12. The Hall–Kier alpha value is -3.45. The molecule has 0 bridgehead atoms. The molecule has 2 aromatic heterocycles. The fourth-order valence-electron chi connectivity index (χ4n) is 3.47. The number of benzene rings is 1. The molecule has 7 nitrogen and oxygen atoms in total. The van der Waals surface area contributed by atoms with E-state index in [9.17, 15) is 4.79 Å². The van der Waals surface area contributed by atoms with Crippen LogP contribution in [0.5, 0.6) is 5.75 Å². The number of hydrogen-bond donors (Lipinski definition) is 1. The number of nitrogens with zero attached hydrogens (tertiary/aromatic N) is 3. The average molecular weight is 418 g/mol. The van der Waals surface area contributed by atoms with Crippen molar-refractivity contribution in [3.05, 3.63) is 84.4 Å². The second kappa shape index (κ2) is 10.5. The van der Waals surface area contributed by atoms with Gasteiger partial charge in [0, 0.05) is 50.0 Å². The van der Waals surface area contributed by atoms with Gasteiger partial charge < -0.3 is 19.7 Å². The molecular formula is C24H26N4O3. The molecule has 1 N–H and O–H groups in total. The summed E-state index contributed by atoms with van der Waals surface area (Å²) in [6, 6.07) is 16.7. The van der Waals surface area contributed by atoms with Crippen molar-refractivity contribution in [1.82, 2.24) is 14.9 Å². The van der Waals surface area contributed by atoms with Crippen LogP contribution in [0.1, 0.15) is 24.1 Å². The van der Waals surface area contributed by atoms with Gasteiger partial charge in [0.15, 0.2) is 0 Å². The van der Waals surface area contributed by atoms with Crippen molar-refractivity contribution < 1.29 is 14.3 Å². The van der Waals surface area contributed by atoms with Crippen LogP contribution in [0.3, 0.4) is 0 Å². The van der Waals surface area contributed by atoms with E-state index in [-0.39, 0.29) is 12.1 Å². The van der Waals surface area contributed by atoms with Crippen molar-refractivity contribution in [3.8, 4) is 5.75 Å². The Bertz CT molecular complexity index is 963. The number of hydrogen-bond acceptors (Lipinski definition) is 5. The van der Waals surface area contributed by atoms with Crippen molar-refractivity contribution in [2.24, 2.45) is 0 Å². The first-order valence-corrected chi connectivity index (χ1v) is 10.5. The van der Waals surface area contributed by atoms with Gasteiger partial charge in [0.1, 0.15) is 12.4 Å². The molecule has 0 radical (unpaired) electrons. The van der Waals surface area contributed by atoms with E-state index in [0.29, 0.717) is 31.1 Å². The minimum absolute atomic E-state index is 0.0652. The lowest BCUT2D eigenvalue weighted by Gasteiger charge is -2.26. The summed E-state index contributed by atoms with van der Waals surface area (Å²) >= 11 is 0. The number of ether oxygens (including phenoxy) is 2. The van der Waals surface area contributed by atoms with Gasteiger partial charge in [-0.25, -0.2) is 4.79 Å². The molecule has 1 fully saturated rings. The third kappa shape index (κ3) is 6.26. The minimum atomic E-state index is -0.179. The van der Waals surface area contributed by atoms with Crippen molar-refractivity contribution in [3.63, 3.8) is 0 Å². The maximum absolute atomic E-state index is 13.1. The maximum atomic E-state index is 13.1. The molecule has 0 unspecified atom stereocenters. The first-order chi connectivity index (χ1) is 15.3. The highest BCUT2D eigenvalue weighted by molar-refractivity contribution is 5.89. The fraction of sp³-hybridized carbons (Fsp3) is 0.292. The number of nitrogens with one attached hydrogen (secondary N) is 1. The predicted molar refractivity (Wildman–Crippen MR) is 118 cm³/mol. The van der Waals surface area contributed by atoms with Gasteiger partial charge in [0.25, 0.3) is 0 Å². The Labute approximate surface area is 182 Å². The molecule has 3 aromatic rings. The first-order valence-electron chi connectivity index (χ1n) is 10.5. The standard InChI is InChI=1S/C24H26N4O3/c29-24(28(17-23-10-5-13-30-23)16-19-6-4-11-25-15-19)27-20-8-3-9-22(14-20)31-18-21-7-1-2-12-26-21/h1-4,6-9,11-12,14-15,23H,5,10,13,16-18H2,(H,27,29)/t23-/m0/s1. The van der Waals surface area contributed by atoms with Gasteiger partial charge in [-0.3, -0.25) is 9.97 Å². The Balaban J connectivity index is 1.40. The largest absolute Gasteiger partial charge is 0.487 e. The van der Waals surface area contributed by atoms with Gasteiger partial charge in [-0.1, -0.05) is 18.2 Å². The molecule has 3 heterocycles. The molecule has 4 rings (SSSR count). The number of aromatic nitrogens is 2. The van der Waals surface area contributed by atoms with E-state index < -0.39 is 0 Å². The molecule has 160 valence electrons. The van der Waals surface area contributed by atoms with Crippen LogP contribution in [0.2, 0.25) is 0 Å². The molecule has 1 atom stereocenters. The van der Waals surface area contributed by atoms with E-state index in [1.807, 2.05) is 54.6 Å². The van der Waals surface area contributed by atoms with Crippen LogP contribution in [0.4, 0.5) is 10.5 Å². The lowest BCUT2D eigenvalue weighted by Crippen LogP contribution is -2.39. The minimum Gasteiger partial charge on any atom is -0.487 e. The van der Waals surface area contributed by atoms with Gasteiger partial charge in [-0.05, 0) is 48.7 Å². The van der Waals surface area contributed by atoms with Crippen LogP contribution in [-0.4, -0.2) is 40.2 Å². The van der Waals surface area contributed by atoms with E-state index in [1.54, 1.807) is 23.5 Å². The van der Waals surface area contributed by atoms with E-state index in [1.165, 1.54) is 0 Å². The van der Waals surface area contributed by atoms with E-state index in [4.69, 9.17) is 9.47 Å². The molecule has 7 heteroatoms. The topological polar surface area (TPSA) is 76.6 Å². The Morgan fingerprint density at radius 3 is 2.90 bits per heavy atom. The van der Waals surface area contributed by atoms with Crippen molar-refractivity contribution in [2.75, 3.05) is 18.5 Å². The third-order valence-electron chi connectivity index (χ3n) is 5.03. The quantitative estimate of drug-likeness (QED) is 0.591. The SMILES string of the molecule is O=C(Nc1cccc(OCc2ccccn2)c1)N(Cc1cccnc1)C[C@@H]1CCCO1. The maximum Gasteiger partial charge on any atom is 0.322 e. The summed E-state index contributed by atoms with van der Waals surface area (Å²) in [5.74, 6) is 0.668. The molecular weight excluding hydrogens is 392 g/mol. The molecule has 1 aliphatic rings. The second-order valence-electron chi connectivity index (χ2n) is 7.44. The lowest BCUT2D eigenvalue weighted by molar-refractivity contribution is 0.0819. The summed E-state index contributed by atoms with van der Waals surface area (Å²) in [7, 11) is 0. The molecule has 31 heavy (non-hydrogen) atoms. The number of amides is 2. The Kier molecular flexibility index (Phi) is 7.08. The zero-order valence-electron chi connectivity index (χ0n) is 17.3.